The molecule has 1 saturated heterocycles. The summed E-state index contributed by atoms with van der Waals surface area (Å²) < 4.78 is 6.78. The third-order valence-corrected chi connectivity index (χ3v) is 5.40. The lowest BCUT2D eigenvalue weighted by Gasteiger charge is -2.33. The zero-order valence-electron chi connectivity index (χ0n) is 17.5. The first-order valence-electron chi connectivity index (χ1n) is 10.0. The number of hydrogen-bond acceptors (Lipinski definition) is 5. The first-order chi connectivity index (χ1) is 13.5. The zero-order chi connectivity index (χ0) is 20.1. The first kappa shape index (κ1) is 20.6. The minimum atomic E-state index is -0.0278. The Hall–Kier alpha value is -2.18. The van der Waals surface area contributed by atoms with Gasteiger partial charge >= 0.3 is 0 Å². The highest BCUT2D eigenvalue weighted by molar-refractivity contribution is 5.41. The highest BCUT2D eigenvalue weighted by Crippen LogP contribution is 2.22. The lowest BCUT2D eigenvalue weighted by atomic mass is 10.0. The molecule has 1 aliphatic heterocycles. The van der Waals surface area contributed by atoms with Crippen molar-refractivity contribution in [1.29, 1.82) is 0 Å². The Bertz CT molecular complexity index is 828. The van der Waals surface area contributed by atoms with E-state index in [4.69, 9.17) is 4.74 Å². The van der Waals surface area contributed by atoms with Crippen molar-refractivity contribution in [2.75, 3.05) is 45.3 Å². The van der Waals surface area contributed by atoms with Crippen molar-refractivity contribution in [3.63, 3.8) is 0 Å². The Labute approximate surface area is 167 Å². The molecule has 6 nitrogen and oxygen atoms in total. The van der Waals surface area contributed by atoms with E-state index in [-0.39, 0.29) is 11.6 Å². The van der Waals surface area contributed by atoms with Crippen molar-refractivity contribution in [3.05, 3.63) is 57.5 Å². The van der Waals surface area contributed by atoms with Gasteiger partial charge in [-0.1, -0.05) is 29.3 Å². The largest absolute Gasteiger partial charge is 0.383 e. The number of ether oxygens (including phenoxy) is 1. The van der Waals surface area contributed by atoms with Gasteiger partial charge in [0.25, 0.3) is 5.56 Å². The van der Waals surface area contributed by atoms with Gasteiger partial charge in [0.05, 0.1) is 24.5 Å². The molecular formula is C22H32N4O2. The van der Waals surface area contributed by atoms with E-state index in [1.807, 2.05) is 11.9 Å². The summed E-state index contributed by atoms with van der Waals surface area (Å²) in [4.78, 5) is 17.1. The summed E-state index contributed by atoms with van der Waals surface area (Å²) >= 11 is 0. The van der Waals surface area contributed by atoms with Crippen LogP contribution in [-0.2, 0) is 11.3 Å². The SMILES string of the molecule is COCCN(C)c1cnn([C@H]2CCCN(Cc3cc(C)cc(C)c3)C2)c(=O)c1. The fourth-order valence-electron chi connectivity index (χ4n) is 4.04. The predicted octanol–water partition coefficient (Wildman–Crippen LogP) is 2.78. The van der Waals surface area contributed by atoms with Crippen LogP contribution >= 0.6 is 0 Å². The van der Waals surface area contributed by atoms with Gasteiger partial charge in [0.1, 0.15) is 0 Å². The van der Waals surface area contributed by atoms with E-state index in [1.165, 1.54) is 16.7 Å². The number of aromatic nitrogens is 2. The van der Waals surface area contributed by atoms with Crippen molar-refractivity contribution in [3.8, 4) is 0 Å². The van der Waals surface area contributed by atoms with Gasteiger partial charge in [0, 0.05) is 39.9 Å². The maximum atomic E-state index is 12.7. The molecule has 6 heteroatoms. The maximum absolute atomic E-state index is 12.7. The molecule has 0 aliphatic carbocycles. The average Bonchev–Trinajstić information content (AvgIpc) is 2.65. The number of piperidine rings is 1. The lowest BCUT2D eigenvalue weighted by molar-refractivity contribution is 0.160. The van der Waals surface area contributed by atoms with E-state index in [1.54, 1.807) is 24.1 Å². The third-order valence-electron chi connectivity index (χ3n) is 5.40. The Morgan fingerprint density at radius 2 is 1.96 bits per heavy atom. The van der Waals surface area contributed by atoms with Crippen molar-refractivity contribution in [2.24, 2.45) is 0 Å². The molecule has 1 aromatic heterocycles. The topological polar surface area (TPSA) is 50.6 Å². The lowest BCUT2D eigenvalue weighted by Crippen LogP contribution is -2.40. The molecular weight excluding hydrogens is 352 g/mol. The number of likely N-dealkylation sites (tertiary alicyclic amines) is 1. The smallest absolute Gasteiger partial charge is 0.269 e. The Morgan fingerprint density at radius 3 is 2.64 bits per heavy atom. The molecule has 1 atom stereocenters. The molecule has 2 aromatic rings. The van der Waals surface area contributed by atoms with Crippen LogP contribution in [-0.4, -0.2) is 55.1 Å². The first-order valence-corrected chi connectivity index (χ1v) is 10.0. The number of anilines is 1. The molecule has 3 rings (SSSR count). The van der Waals surface area contributed by atoms with Crippen LogP contribution in [0.25, 0.3) is 0 Å². The minimum absolute atomic E-state index is 0.0278. The van der Waals surface area contributed by atoms with Gasteiger partial charge in [0.15, 0.2) is 0 Å². The van der Waals surface area contributed by atoms with Crippen LogP contribution in [0.15, 0.2) is 35.3 Å². The highest BCUT2D eigenvalue weighted by Gasteiger charge is 2.23. The van der Waals surface area contributed by atoms with Crippen LogP contribution in [0.2, 0.25) is 0 Å². The van der Waals surface area contributed by atoms with Gasteiger partial charge in [-0.2, -0.15) is 5.10 Å². The number of likely N-dealkylation sites (N-methyl/N-ethyl adjacent to an activating group) is 1. The van der Waals surface area contributed by atoms with Gasteiger partial charge in [-0.05, 0) is 38.8 Å². The van der Waals surface area contributed by atoms with Gasteiger partial charge in [-0.15, -0.1) is 0 Å². The molecule has 28 heavy (non-hydrogen) atoms. The van der Waals surface area contributed by atoms with E-state index >= 15 is 0 Å². The van der Waals surface area contributed by atoms with Gasteiger partial charge in [0.2, 0.25) is 0 Å². The summed E-state index contributed by atoms with van der Waals surface area (Å²) in [5.41, 5.74) is 4.75. The second-order valence-electron chi connectivity index (χ2n) is 7.94. The molecule has 0 N–H and O–H groups in total. The molecule has 0 unspecified atom stereocenters. The standard InChI is InChI=1S/C22H32N4O2/c1-17-10-18(2)12-19(11-17)15-25-7-5-6-20(16-25)26-22(27)13-21(14-23-26)24(3)8-9-28-4/h10-14,20H,5-9,15-16H2,1-4H3/t20-/m0/s1. The van der Waals surface area contributed by atoms with E-state index in [0.717, 1.165) is 44.7 Å². The Kier molecular flexibility index (Phi) is 6.86. The molecule has 1 fully saturated rings. The van der Waals surface area contributed by atoms with Gasteiger partial charge in [-0.25, -0.2) is 4.68 Å². The number of methoxy groups -OCH3 is 1. The predicted molar refractivity (Wildman–Crippen MR) is 113 cm³/mol. The number of benzene rings is 1. The van der Waals surface area contributed by atoms with Crippen LogP contribution in [0.1, 0.15) is 35.6 Å². The second kappa shape index (κ2) is 9.34. The maximum Gasteiger partial charge on any atom is 0.269 e. The van der Waals surface area contributed by atoms with E-state index in [9.17, 15) is 4.79 Å². The summed E-state index contributed by atoms with van der Waals surface area (Å²) in [7, 11) is 3.63. The van der Waals surface area contributed by atoms with Crippen LogP contribution in [0.5, 0.6) is 0 Å². The molecule has 0 radical (unpaired) electrons. The quantitative estimate of drug-likeness (QED) is 0.735. The van der Waals surface area contributed by atoms with Crippen LogP contribution in [0.3, 0.4) is 0 Å². The highest BCUT2D eigenvalue weighted by atomic mass is 16.5. The molecule has 0 saturated carbocycles. The Balaban J connectivity index is 1.69. The third kappa shape index (κ3) is 5.20. The number of rotatable bonds is 7. The van der Waals surface area contributed by atoms with Crippen molar-refractivity contribution in [1.82, 2.24) is 14.7 Å². The van der Waals surface area contributed by atoms with E-state index in [0.29, 0.717) is 6.61 Å². The van der Waals surface area contributed by atoms with Crippen molar-refractivity contribution >= 4 is 5.69 Å². The summed E-state index contributed by atoms with van der Waals surface area (Å²) in [6.07, 6.45) is 3.87. The summed E-state index contributed by atoms with van der Waals surface area (Å²) in [5, 5.41) is 4.50. The molecule has 2 heterocycles. The normalized spacial score (nSPS) is 17.6. The number of aryl methyl sites for hydroxylation is 2. The number of nitrogens with zero attached hydrogens (tertiary/aromatic N) is 4. The fraction of sp³-hybridized carbons (Fsp3) is 0.545. The summed E-state index contributed by atoms with van der Waals surface area (Å²) in [6.45, 7) is 8.49. The van der Waals surface area contributed by atoms with E-state index < -0.39 is 0 Å². The monoisotopic (exact) mass is 384 g/mol. The number of hydrogen-bond donors (Lipinski definition) is 0. The fourth-order valence-corrected chi connectivity index (χ4v) is 4.04. The molecule has 0 amide bonds. The average molecular weight is 385 g/mol. The van der Waals surface area contributed by atoms with Crippen LogP contribution < -0.4 is 10.5 Å². The zero-order valence-corrected chi connectivity index (χ0v) is 17.5. The molecule has 0 spiro atoms. The van der Waals surface area contributed by atoms with Gasteiger partial charge in [-0.3, -0.25) is 9.69 Å². The van der Waals surface area contributed by atoms with Crippen LogP contribution in [0, 0.1) is 13.8 Å². The Morgan fingerprint density at radius 1 is 1.21 bits per heavy atom. The van der Waals surface area contributed by atoms with Crippen LogP contribution in [0.4, 0.5) is 5.69 Å². The second-order valence-corrected chi connectivity index (χ2v) is 7.94. The van der Waals surface area contributed by atoms with Gasteiger partial charge < -0.3 is 9.64 Å². The van der Waals surface area contributed by atoms with Crippen molar-refractivity contribution in [2.45, 2.75) is 39.3 Å². The van der Waals surface area contributed by atoms with Crippen molar-refractivity contribution < 1.29 is 4.74 Å². The summed E-state index contributed by atoms with van der Waals surface area (Å²) in [6, 6.07) is 8.53. The summed E-state index contributed by atoms with van der Waals surface area (Å²) in [5.74, 6) is 0. The van der Waals surface area contributed by atoms with E-state index in [2.05, 4.69) is 42.0 Å². The minimum Gasteiger partial charge on any atom is -0.383 e. The molecule has 152 valence electrons. The molecule has 1 aromatic carbocycles. The molecule has 0 bridgehead atoms. The molecule has 1 aliphatic rings.